The number of nitrogens with one attached hydrogen (secondary N) is 1. The van der Waals surface area contributed by atoms with Gasteiger partial charge in [-0.05, 0) is 31.4 Å². The monoisotopic (exact) mass is 315 g/mol. The molecule has 1 atom stereocenters. The lowest BCUT2D eigenvalue weighted by atomic mass is 9.68. The summed E-state index contributed by atoms with van der Waals surface area (Å²) in [5, 5.41) is 2.72. The number of hydrogen-bond donors (Lipinski definition) is 1. The van der Waals surface area contributed by atoms with E-state index in [1.165, 1.54) is 19.2 Å². The molecule has 0 bridgehead atoms. The molecular weight excluding hydrogens is 295 g/mol. The molecule has 1 N–H and O–H groups in total. The van der Waals surface area contributed by atoms with Gasteiger partial charge >= 0.3 is 6.18 Å². The van der Waals surface area contributed by atoms with E-state index in [0.29, 0.717) is 19.4 Å². The molecule has 6 heteroatoms. The van der Waals surface area contributed by atoms with Crippen molar-refractivity contribution in [3.05, 3.63) is 35.4 Å². The molecule has 0 aliphatic heterocycles. The van der Waals surface area contributed by atoms with Gasteiger partial charge in [0.15, 0.2) is 0 Å². The Kier molecular flexibility index (Phi) is 4.80. The van der Waals surface area contributed by atoms with Gasteiger partial charge in [0.2, 0.25) is 5.91 Å². The lowest BCUT2D eigenvalue weighted by Gasteiger charge is -2.40. The van der Waals surface area contributed by atoms with Gasteiger partial charge in [-0.15, -0.1) is 0 Å². The molecular formula is C16H20F3NO2. The van der Waals surface area contributed by atoms with E-state index in [9.17, 15) is 18.0 Å². The van der Waals surface area contributed by atoms with E-state index >= 15 is 0 Å². The Hall–Kier alpha value is -1.56. The zero-order chi connectivity index (χ0) is 16.4. The van der Waals surface area contributed by atoms with Crippen LogP contribution in [0.15, 0.2) is 24.3 Å². The van der Waals surface area contributed by atoms with Crippen LogP contribution in [0.5, 0.6) is 0 Å². The molecule has 22 heavy (non-hydrogen) atoms. The minimum Gasteiger partial charge on any atom is -0.384 e. The third-order valence-corrected chi connectivity index (χ3v) is 4.29. The van der Waals surface area contributed by atoms with E-state index in [1.54, 1.807) is 13.0 Å². The van der Waals surface area contributed by atoms with Crippen molar-refractivity contribution in [1.82, 2.24) is 5.32 Å². The van der Waals surface area contributed by atoms with E-state index in [1.807, 2.05) is 0 Å². The molecule has 1 fully saturated rings. The average molecular weight is 315 g/mol. The van der Waals surface area contributed by atoms with Gasteiger partial charge in [-0.25, -0.2) is 0 Å². The predicted octanol–water partition coefficient (Wildman–Crippen LogP) is 3.70. The third kappa shape index (κ3) is 3.27. The summed E-state index contributed by atoms with van der Waals surface area (Å²) in [5.41, 5.74) is -1.22. The summed E-state index contributed by atoms with van der Waals surface area (Å²) < 4.78 is 44.2. The van der Waals surface area contributed by atoms with E-state index in [4.69, 9.17) is 4.74 Å². The van der Waals surface area contributed by atoms with Gasteiger partial charge in [0.25, 0.3) is 0 Å². The minimum atomic E-state index is -4.43. The highest BCUT2D eigenvalue weighted by atomic mass is 19.4. The molecule has 1 aliphatic rings. The highest BCUT2D eigenvalue weighted by Gasteiger charge is 2.45. The first-order valence-corrected chi connectivity index (χ1v) is 7.26. The fourth-order valence-corrected chi connectivity index (χ4v) is 2.88. The standard InChI is InChI=1S/C16H20F3NO2/c1-11(12-6-3-4-7-13(12)16(17,18)19)20-14(21)15(10-22-2)8-5-9-15/h3-4,6-7,11H,5,8-10H2,1-2H3,(H,20,21)/t11-/m0/s1. The van der Waals surface area contributed by atoms with Crippen LogP contribution in [0.25, 0.3) is 0 Å². The van der Waals surface area contributed by atoms with E-state index in [2.05, 4.69) is 5.32 Å². The number of carbonyl (C=O) groups excluding carboxylic acids is 1. The van der Waals surface area contributed by atoms with Crippen LogP contribution in [0.2, 0.25) is 0 Å². The number of carbonyl (C=O) groups is 1. The first-order valence-electron chi connectivity index (χ1n) is 7.26. The van der Waals surface area contributed by atoms with Crippen LogP contribution in [-0.4, -0.2) is 19.6 Å². The van der Waals surface area contributed by atoms with Crippen LogP contribution >= 0.6 is 0 Å². The molecule has 122 valence electrons. The third-order valence-electron chi connectivity index (χ3n) is 4.29. The van der Waals surface area contributed by atoms with Crippen molar-refractivity contribution >= 4 is 5.91 Å². The number of benzene rings is 1. The normalized spacial score (nSPS) is 18.4. The van der Waals surface area contributed by atoms with E-state index in [0.717, 1.165) is 12.5 Å². The minimum absolute atomic E-state index is 0.0789. The molecule has 2 rings (SSSR count). The fourth-order valence-electron chi connectivity index (χ4n) is 2.88. The van der Waals surface area contributed by atoms with Crippen molar-refractivity contribution in [3.8, 4) is 0 Å². The lowest BCUT2D eigenvalue weighted by molar-refractivity contribution is -0.143. The summed E-state index contributed by atoms with van der Waals surface area (Å²) in [6, 6.07) is 4.62. The number of hydrogen-bond acceptors (Lipinski definition) is 2. The topological polar surface area (TPSA) is 38.3 Å². The molecule has 1 aromatic carbocycles. The second-order valence-corrected chi connectivity index (χ2v) is 5.85. The maximum Gasteiger partial charge on any atom is 0.416 e. The first kappa shape index (κ1) is 16.8. The summed E-state index contributed by atoms with van der Waals surface area (Å²) in [4.78, 5) is 12.4. The van der Waals surface area contributed by atoms with E-state index < -0.39 is 23.2 Å². The highest BCUT2D eigenvalue weighted by molar-refractivity contribution is 5.84. The summed E-state index contributed by atoms with van der Waals surface area (Å²) in [6.45, 7) is 1.87. The van der Waals surface area contributed by atoms with Gasteiger partial charge in [0.1, 0.15) is 0 Å². The Morgan fingerprint density at radius 3 is 2.50 bits per heavy atom. The summed E-state index contributed by atoms with van der Waals surface area (Å²) in [6.07, 6.45) is -2.08. The van der Waals surface area contributed by atoms with Gasteiger partial charge in [0.05, 0.1) is 23.6 Å². The molecule has 1 aliphatic carbocycles. The maximum atomic E-state index is 13.0. The van der Waals surface area contributed by atoms with Gasteiger partial charge in [-0.1, -0.05) is 24.6 Å². The SMILES string of the molecule is COCC1(C(=O)N[C@@H](C)c2ccccc2C(F)(F)F)CCC1. The predicted molar refractivity (Wildman–Crippen MR) is 76.2 cm³/mol. The second-order valence-electron chi connectivity index (χ2n) is 5.85. The fraction of sp³-hybridized carbons (Fsp3) is 0.562. The Labute approximate surface area is 127 Å². The van der Waals surface area contributed by atoms with Gasteiger partial charge in [-0.3, -0.25) is 4.79 Å². The van der Waals surface area contributed by atoms with Crippen molar-refractivity contribution in [1.29, 1.82) is 0 Å². The van der Waals surface area contributed by atoms with Crippen LogP contribution in [0.4, 0.5) is 13.2 Å². The number of halogens is 3. The molecule has 1 aromatic rings. The van der Waals surface area contributed by atoms with E-state index in [-0.39, 0.29) is 11.5 Å². The number of ether oxygens (including phenoxy) is 1. The molecule has 0 spiro atoms. The average Bonchev–Trinajstić information content (AvgIpc) is 2.41. The summed E-state index contributed by atoms with van der Waals surface area (Å²) in [7, 11) is 1.52. The van der Waals surface area contributed by atoms with Crippen LogP contribution in [0.3, 0.4) is 0 Å². The molecule has 0 heterocycles. The van der Waals surface area contributed by atoms with Crippen LogP contribution in [-0.2, 0) is 15.7 Å². The van der Waals surface area contributed by atoms with Crippen molar-refractivity contribution in [2.45, 2.75) is 38.4 Å². The highest BCUT2D eigenvalue weighted by Crippen LogP contribution is 2.42. The zero-order valence-corrected chi connectivity index (χ0v) is 12.7. The van der Waals surface area contributed by atoms with Gasteiger partial charge in [-0.2, -0.15) is 13.2 Å². The van der Waals surface area contributed by atoms with Gasteiger partial charge in [0, 0.05) is 7.11 Å². The molecule has 0 aromatic heterocycles. The number of alkyl halides is 3. The first-order chi connectivity index (χ1) is 10.3. The second kappa shape index (κ2) is 6.28. The number of methoxy groups -OCH3 is 1. The summed E-state index contributed by atoms with van der Waals surface area (Å²) >= 11 is 0. The Balaban J connectivity index is 2.16. The van der Waals surface area contributed by atoms with Crippen molar-refractivity contribution in [2.24, 2.45) is 5.41 Å². The van der Waals surface area contributed by atoms with Crippen molar-refractivity contribution in [3.63, 3.8) is 0 Å². The van der Waals surface area contributed by atoms with Crippen LogP contribution in [0, 0.1) is 5.41 Å². The lowest BCUT2D eigenvalue weighted by Crippen LogP contribution is -2.49. The van der Waals surface area contributed by atoms with Crippen molar-refractivity contribution in [2.75, 3.05) is 13.7 Å². The van der Waals surface area contributed by atoms with Gasteiger partial charge < -0.3 is 10.1 Å². The number of amides is 1. The molecule has 1 saturated carbocycles. The zero-order valence-electron chi connectivity index (χ0n) is 12.7. The Morgan fingerprint density at radius 1 is 1.36 bits per heavy atom. The maximum absolute atomic E-state index is 13.0. The Bertz CT molecular complexity index is 538. The summed E-state index contributed by atoms with van der Waals surface area (Å²) in [5.74, 6) is -0.231. The quantitative estimate of drug-likeness (QED) is 0.900. The Morgan fingerprint density at radius 2 is 2.00 bits per heavy atom. The van der Waals surface area contributed by atoms with Crippen LogP contribution in [0.1, 0.15) is 43.4 Å². The molecule has 3 nitrogen and oxygen atoms in total. The molecule has 0 unspecified atom stereocenters. The molecule has 0 saturated heterocycles. The largest absolute Gasteiger partial charge is 0.416 e. The van der Waals surface area contributed by atoms with Crippen LogP contribution < -0.4 is 5.32 Å². The molecule has 1 amide bonds. The smallest absolute Gasteiger partial charge is 0.384 e. The number of rotatable bonds is 5. The molecule has 0 radical (unpaired) electrons. The van der Waals surface area contributed by atoms with Crippen molar-refractivity contribution < 1.29 is 22.7 Å².